The fourth-order valence-corrected chi connectivity index (χ4v) is 4.28. The van der Waals surface area contributed by atoms with E-state index in [2.05, 4.69) is 31.5 Å². The number of anilines is 2. The minimum atomic E-state index is -3.75. The third-order valence-corrected chi connectivity index (χ3v) is 6.16. The van der Waals surface area contributed by atoms with E-state index in [1.165, 1.54) is 12.1 Å². The Labute approximate surface area is 156 Å². The van der Waals surface area contributed by atoms with Crippen LogP contribution in [-0.4, -0.2) is 56.5 Å². The second kappa shape index (κ2) is 6.75. The highest BCUT2D eigenvalue weighted by atomic mass is 32.2. The normalized spacial score (nSPS) is 16.0. The minimum Gasteiger partial charge on any atom is -0.369 e. The van der Waals surface area contributed by atoms with Crippen LogP contribution in [0, 0.1) is 0 Å². The quantitative estimate of drug-likeness (QED) is 0.628. The van der Waals surface area contributed by atoms with Crippen molar-refractivity contribution < 1.29 is 8.42 Å². The number of likely N-dealkylation sites (N-methyl/N-ethyl adjacent to an activating group) is 1. The highest BCUT2D eigenvalue weighted by molar-refractivity contribution is 7.92. The first-order chi connectivity index (χ1) is 12.9. The molecular weight excluding hydrogens is 366 g/mol. The Balaban J connectivity index is 1.52. The van der Waals surface area contributed by atoms with Gasteiger partial charge >= 0.3 is 5.69 Å². The number of rotatable bonds is 4. The fraction of sp³-hybridized carbons (Fsp3) is 0.278. The molecule has 0 saturated carbocycles. The molecule has 2 heterocycles. The smallest absolute Gasteiger partial charge is 0.323 e. The number of imidazole rings is 1. The van der Waals surface area contributed by atoms with Crippen LogP contribution >= 0.6 is 0 Å². The number of aromatic nitrogens is 2. The van der Waals surface area contributed by atoms with Crippen LogP contribution in [0.5, 0.6) is 0 Å². The van der Waals surface area contributed by atoms with Gasteiger partial charge in [-0.3, -0.25) is 4.72 Å². The zero-order chi connectivity index (χ0) is 19.0. The van der Waals surface area contributed by atoms with Gasteiger partial charge in [0.2, 0.25) is 0 Å². The number of nitrogens with zero attached hydrogens (tertiary/aromatic N) is 2. The Kier molecular flexibility index (Phi) is 4.40. The van der Waals surface area contributed by atoms with Gasteiger partial charge < -0.3 is 19.8 Å². The number of sulfonamides is 1. The standard InChI is InChI=1S/C18H21N5O3S/c1-22-8-10-23(11-9-22)14-4-2-13(3-5-14)21-27(25,26)15-6-7-16-17(12-15)20-18(24)19-16/h2-7,12,21H,8-11H2,1H3,(H2,19,20,24). The first-order valence-electron chi connectivity index (χ1n) is 8.69. The van der Waals surface area contributed by atoms with Crippen LogP contribution in [0.15, 0.2) is 52.2 Å². The van der Waals surface area contributed by atoms with E-state index in [1.54, 1.807) is 18.2 Å². The first-order valence-corrected chi connectivity index (χ1v) is 10.2. The van der Waals surface area contributed by atoms with E-state index in [0.29, 0.717) is 16.7 Å². The van der Waals surface area contributed by atoms with Gasteiger partial charge in [-0.25, -0.2) is 13.2 Å². The van der Waals surface area contributed by atoms with Crippen LogP contribution in [0.3, 0.4) is 0 Å². The molecule has 0 aliphatic carbocycles. The van der Waals surface area contributed by atoms with Crippen molar-refractivity contribution in [1.82, 2.24) is 14.9 Å². The molecule has 0 bridgehead atoms. The molecule has 4 rings (SSSR count). The molecule has 27 heavy (non-hydrogen) atoms. The molecular formula is C18H21N5O3S. The van der Waals surface area contributed by atoms with E-state index in [9.17, 15) is 13.2 Å². The molecule has 0 unspecified atom stereocenters. The maximum Gasteiger partial charge on any atom is 0.323 e. The molecule has 3 aromatic rings. The summed E-state index contributed by atoms with van der Waals surface area (Å²) >= 11 is 0. The second-order valence-electron chi connectivity index (χ2n) is 6.73. The Bertz CT molecular complexity index is 1110. The van der Waals surface area contributed by atoms with E-state index in [-0.39, 0.29) is 10.6 Å². The summed E-state index contributed by atoms with van der Waals surface area (Å²) in [4.78, 5) is 21.2. The number of piperazine rings is 1. The Hall–Kier alpha value is -2.78. The van der Waals surface area contributed by atoms with E-state index in [4.69, 9.17) is 0 Å². The maximum absolute atomic E-state index is 12.6. The lowest BCUT2D eigenvalue weighted by atomic mass is 10.2. The lowest BCUT2D eigenvalue weighted by molar-refractivity contribution is 0.313. The number of benzene rings is 2. The van der Waals surface area contributed by atoms with Gasteiger partial charge in [0.15, 0.2) is 0 Å². The second-order valence-corrected chi connectivity index (χ2v) is 8.41. The molecule has 0 amide bonds. The first kappa shape index (κ1) is 17.6. The topological polar surface area (TPSA) is 101 Å². The van der Waals surface area contributed by atoms with Gasteiger partial charge in [0.25, 0.3) is 10.0 Å². The predicted molar refractivity (Wildman–Crippen MR) is 106 cm³/mol. The van der Waals surface area contributed by atoms with Crippen molar-refractivity contribution in [3.05, 3.63) is 52.9 Å². The molecule has 1 fully saturated rings. The van der Waals surface area contributed by atoms with Gasteiger partial charge in [-0.15, -0.1) is 0 Å². The van der Waals surface area contributed by atoms with Crippen LogP contribution in [0.1, 0.15) is 0 Å². The largest absolute Gasteiger partial charge is 0.369 e. The Morgan fingerprint density at radius 3 is 2.30 bits per heavy atom. The Morgan fingerprint density at radius 1 is 0.926 bits per heavy atom. The molecule has 2 aromatic carbocycles. The Morgan fingerprint density at radius 2 is 1.59 bits per heavy atom. The van der Waals surface area contributed by atoms with Crippen LogP contribution in [0.25, 0.3) is 11.0 Å². The molecule has 1 aliphatic rings. The highest BCUT2D eigenvalue weighted by Crippen LogP contribution is 2.22. The summed E-state index contributed by atoms with van der Waals surface area (Å²) in [5, 5.41) is 0. The van der Waals surface area contributed by atoms with E-state index >= 15 is 0 Å². The number of H-pyrrole nitrogens is 2. The van der Waals surface area contributed by atoms with Gasteiger partial charge in [-0.1, -0.05) is 0 Å². The zero-order valence-electron chi connectivity index (χ0n) is 14.9. The maximum atomic E-state index is 12.6. The van der Waals surface area contributed by atoms with Crippen molar-refractivity contribution in [2.45, 2.75) is 4.90 Å². The van der Waals surface area contributed by atoms with Crippen LogP contribution in [-0.2, 0) is 10.0 Å². The highest BCUT2D eigenvalue weighted by Gasteiger charge is 2.17. The molecule has 8 nitrogen and oxygen atoms in total. The lowest BCUT2D eigenvalue weighted by Gasteiger charge is -2.34. The van der Waals surface area contributed by atoms with Gasteiger partial charge in [-0.2, -0.15) is 0 Å². The monoisotopic (exact) mass is 387 g/mol. The summed E-state index contributed by atoms with van der Waals surface area (Å²) in [7, 11) is -1.64. The molecule has 0 atom stereocenters. The summed E-state index contributed by atoms with van der Waals surface area (Å²) in [5.74, 6) is 0. The van der Waals surface area contributed by atoms with Crippen LogP contribution < -0.4 is 15.3 Å². The number of nitrogens with one attached hydrogen (secondary N) is 3. The average Bonchev–Trinajstić information content (AvgIpc) is 3.02. The molecule has 142 valence electrons. The molecule has 1 saturated heterocycles. The molecule has 0 radical (unpaired) electrons. The van der Waals surface area contributed by atoms with Crippen LogP contribution in [0.2, 0.25) is 0 Å². The number of hydrogen-bond acceptors (Lipinski definition) is 5. The summed E-state index contributed by atoms with van der Waals surface area (Å²) in [5.41, 5.74) is 2.23. The number of hydrogen-bond donors (Lipinski definition) is 3. The van der Waals surface area contributed by atoms with Crippen molar-refractivity contribution in [1.29, 1.82) is 0 Å². The van der Waals surface area contributed by atoms with Gasteiger partial charge in [0.1, 0.15) is 0 Å². The van der Waals surface area contributed by atoms with E-state index < -0.39 is 10.0 Å². The predicted octanol–water partition coefficient (Wildman–Crippen LogP) is 1.41. The van der Waals surface area contributed by atoms with E-state index in [0.717, 1.165) is 31.9 Å². The molecule has 3 N–H and O–H groups in total. The van der Waals surface area contributed by atoms with Crippen molar-refractivity contribution in [3.63, 3.8) is 0 Å². The van der Waals surface area contributed by atoms with Gasteiger partial charge in [-0.05, 0) is 49.5 Å². The molecule has 1 aromatic heterocycles. The summed E-state index contributed by atoms with van der Waals surface area (Å²) in [6.07, 6.45) is 0. The van der Waals surface area contributed by atoms with Crippen molar-refractivity contribution in [2.24, 2.45) is 0 Å². The summed E-state index contributed by atoms with van der Waals surface area (Å²) in [6, 6.07) is 11.9. The van der Waals surface area contributed by atoms with Gasteiger partial charge in [0.05, 0.1) is 15.9 Å². The average molecular weight is 387 g/mol. The van der Waals surface area contributed by atoms with E-state index in [1.807, 2.05) is 12.1 Å². The molecule has 1 aliphatic heterocycles. The minimum absolute atomic E-state index is 0.0911. The van der Waals surface area contributed by atoms with Gasteiger partial charge in [0, 0.05) is 37.6 Å². The van der Waals surface area contributed by atoms with Crippen molar-refractivity contribution in [2.75, 3.05) is 42.8 Å². The SMILES string of the molecule is CN1CCN(c2ccc(NS(=O)(=O)c3ccc4[nH]c(=O)[nH]c4c3)cc2)CC1. The molecule has 9 heteroatoms. The fourth-order valence-electron chi connectivity index (χ4n) is 3.20. The zero-order valence-corrected chi connectivity index (χ0v) is 15.7. The molecule has 0 spiro atoms. The van der Waals surface area contributed by atoms with Crippen molar-refractivity contribution in [3.8, 4) is 0 Å². The number of fused-ring (bicyclic) bond motifs is 1. The summed E-state index contributed by atoms with van der Waals surface area (Å²) in [6.45, 7) is 3.93. The number of aromatic amines is 2. The van der Waals surface area contributed by atoms with Crippen LogP contribution in [0.4, 0.5) is 11.4 Å². The van der Waals surface area contributed by atoms with Crippen molar-refractivity contribution >= 4 is 32.4 Å². The lowest BCUT2D eigenvalue weighted by Crippen LogP contribution is -2.44. The third-order valence-electron chi connectivity index (χ3n) is 4.79. The third kappa shape index (κ3) is 3.69. The summed E-state index contributed by atoms with van der Waals surface area (Å²) < 4.78 is 27.9.